The Labute approximate surface area is 136 Å². The van der Waals surface area contributed by atoms with Gasteiger partial charge in [-0.25, -0.2) is 9.78 Å². The molecule has 0 radical (unpaired) electrons. The van der Waals surface area contributed by atoms with E-state index in [4.69, 9.17) is 11.6 Å². The summed E-state index contributed by atoms with van der Waals surface area (Å²) in [5, 5.41) is 9.90. The molecule has 0 amide bonds. The third-order valence-corrected chi connectivity index (χ3v) is 3.85. The second kappa shape index (κ2) is 5.81. The first-order valence-electron chi connectivity index (χ1n) is 6.45. The molecule has 1 aromatic carbocycles. The summed E-state index contributed by atoms with van der Waals surface area (Å²) >= 11 is 9.26. The van der Waals surface area contributed by atoms with Crippen LogP contribution in [0.3, 0.4) is 0 Å². The van der Waals surface area contributed by atoms with Crippen LogP contribution in [0, 0.1) is 5.41 Å². The fourth-order valence-corrected chi connectivity index (χ4v) is 2.82. The van der Waals surface area contributed by atoms with Crippen molar-refractivity contribution in [3.8, 4) is 5.69 Å². The van der Waals surface area contributed by atoms with Gasteiger partial charge < -0.3 is 5.11 Å². The van der Waals surface area contributed by atoms with Crippen LogP contribution in [0.1, 0.15) is 37.1 Å². The summed E-state index contributed by atoms with van der Waals surface area (Å²) in [5.74, 6) is -0.348. The molecule has 0 unspecified atom stereocenters. The molecule has 0 aliphatic carbocycles. The van der Waals surface area contributed by atoms with Crippen LogP contribution in [0.25, 0.3) is 5.69 Å². The minimum Gasteiger partial charge on any atom is -0.476 e. The van der Waals surface area contributed by atoms with E-state index in [1.54, 1.807) is 12.1 Å². The maximum atomic E-state index is 11.3. The standard InChI is InChI=1S/C15H16BrClN2O2/c1-15(2,3)8-11-18-12(14(20)21)13(16)19(11)10-6-4-9(17)5-7-10/h4-7H,8H2,1-3H3,(H,20,21). The average Bonchev–Trinajstić information content (AvgIpc) is 2.65. The third kappa shape index (κ3) is 3.66. The molecule has 4 nitrogen and oxygen atoms in total. The Morgan fingerprint density at radius 1 is 1.33 bits per heavy atom. The molecule has 6 heteroatoms. The van der Waals surface area contributed by atoms with Gasteiger partial charge in [-0.3, -0.25) is 4.57 Å². The van der Waals surface area contributed by atoms with Crippen LogP contribution in [-0.2, 0) is 6.42 Å². The number of hydrogen-bond donors (Lipinski definition) is 1. The zero-order chi connectivity index (χ0) is 15.8. The summed E-state index contributed by atoms with van der Waals surface area (Å²) in [5.41, 5.74) is 0.833. The minimum atomic E-state index is -1.05. The molecule has 2 rings (SSSR count). The number of nitrogens with zero attached hydrogens (tertiary/aromatic N) is 2. The van der Waals surface area contributed by atoms with E-state index in [2.05, 4.69) is 41.7 Å². The van der Waals surface area contributed by atoms with Crippen LogP contribution >= 0.6 is 27.5 Å². The number of carbonyl (C=O) groups is 1. The van der Waals surface area contributed by atoms with Crippen molar-refractivity contribution >= 4 is 33.5 Å². The van der Waals surface area contributed by atoms with Gasteiger partial charge >= 0.3 is 5.97 Å². The van der Waals surface area contributed by atoms with E-state index in [-0.39, 0.29) is 11.1 Å². The van der Waals surface area contributed by atoms with Gasteiger partial charge in [0.25, 0.3) is 0 Å². The quantitative estimate of drug-likeness (QED) is 0.859. The lowest BCUT2D eigenvalue weighted by molar-refractivity contribution is 0.0689. The second-order valence-electron chi connectivity index (χ2n) is 6.02. The van der Waals surface area contributed by atoms with Gasteiger partial charge in [-0.2, -0.15) is 0 Å². The van der Waals surface area contributed by atoms with Crippen molar-refractivity contribution in [2.75, 3.05) is 0 Å². The van der Waals surface area contributed by atoms with Crippen LogP contribution in [0.15, 0.2) is 28.9 Å². The van der Waals surface area contributed by atoms with Crippen molar-refractivity contribution in [1.29, 1.82) is 0 Å². The molecule has 0 atom stereocenters. The normalized spacial score (nSPS) is 11.7. The lowest BCUT2D eigenvalue weighted by atomic mass is 9.92. The Morgan fingerprint density at radius 2 is 1.90 bits per heavy atom. The molecule has 0 bridgehead atoms. The topological polar surface area (TPSA) is 55.1 Å². The molecule has 0 aliphatic rings. The van der Waals surface area contributed by atoms with Crippen LogP contribution in [0.5, 0.6) is 0 Å². The predicted molar refractivity (Wildman–Crippen MR) is 86.4 cm³/mol. The van der Waals surface area contributed by atoms with Crippen molar-refractivity contribution in [2.45, 2.75) is 27.2 Å². The molecule has 112 valence electrons. The summed E-state index contributed by atoms with van der Waals surface area (Å²) < 4.78 is 2.25. The number of carboxylic acids is 1. The first kappa shape index (κ1) is 16.0. The van der Waals surface area contributed by atoms with Crippen molar-refractivity contribution in [1.82, 2.24) is 9.55 Å². The maximum absolute atomic E-state index is 11.3. The Kier molecular flexibility index (Phi) is 4.44. The average molecular weight is 372 g/mol. The number of halogens is 2. The highest BCUT2D eigenvalue weighted by Gasteiger charge is 2.24. The van der Waals surface area contributed by atoms with E-state index in [9.17, 15) is 9.90 Å². The molecule has 0 aliphatic heterocycles. The first-order valence-corrected chi connectivity index (χ1v) is 7.62. The van der Waals surface area contributed by atoms with E-state index in [1.165, 1.54) is 0 Å². The molecule has 1 aromatic heterocycles. The van der Waals surface area contributed by atoms with Gasteiger partial charge in [-0.05, 0) is 45.6 Å². The molecule has 0 fully saturated rings. The third-order valence-electron chi connectivity index (χ3n) is 2.87. The number of aromatic carboxylic acids is 1. The van der Waals surface area contributed by atoms with Crippen molar-refractivity contribution in [3.05, 3.63) is 45.4 Å². The SMILES string of the molecule is CC(C)(C)Cc1nc(C(=O)O)c(Br)n1-c1ccc(Cl)cc1. The number of imidazole rings is 1. The molecule has 1 N–H and O–H groups in total. The number of hydrogen-bond acceptors (Lipinski definition) is 2. The van der Waals surface area contributed by atoms with E-state index >= 15 is 0 Å². The molecule has 0 saturated heterocycles. The highest BCUT2D eigenvalue weighted by molar-refractivity contribution is 9.10. The van der Waals surface area contributed by atoms with Crippen LogP contribution in [0.2, 0.25) is 5.02 Å². The van der Waals surface area contributed by atoms with Gasteiger partial charge in [0.15, 0.2) is 5.69 Å². The maximum Gasteiger partial charge on any atom is 0.357 e. The van der Waals surface area contributed by atoms with Crippen LogP contribution in [0.4, 0.5) is 0 Å². The number of rotatable bonds is 3. The van der Waals surface area contributed by atoms with Gasteiger partial charge in [0.1, 0.15) is 10.4 Å². The van der Waals surface area contributed by atoms with E-state index < -0.39 is 5.97 Å². The zero-order valence-corrected chi connectivity index (χ0v) is 14.4. The number of carboxylic acid groups (broad SMARTS) is 1. The summed E-state index contributed by atoms with van der Waals surface area (Å²) in [4.78, 5) is 15.6. The molecule has 2 aromatic rings. The zero-order valence-electron chi connectivity index (χ0n) is 12.0. The Morgan fingerprint density at radius 3 is 2.38 bits per heavy atom. The van der Waals surface area contributed by atoms with E-state index in [0.717, 1.165) is 5.69 Å². The molecular formula is C15H16BrClN2O2. The monoisotopic (exact) mass is 370 g/mol. The summed E-state index contributed by atoms with van der Waals surface area (Å²) in [6.07, 6.45) is 0.654. The van der Waals surface area contributed by atoms with Gasteiger partial charge in [-0.1, -0.05) is 32.4 Å². The van der Waals surface area contributed by atoms with E-state index in [1.807, 2.05) is 16.7 Å². The van der Waals surface area contributed by atoms with Crippen LogP contribution < -0.4 is 0 Å². The molecule has 1 heterocycles. The largest absolute Gasteiger partial charge is 0.476 e. The molecule has 21 heavy (non-hydrogen) atoms. The second-order valence-corrected chi connectivity index (χ2v) is 7.21. The van der Waals surface area contributed by atoms with Gasteiger partial charge in [0, 0.05) is 17.1 Å². The van der Waals surface area contributed by atoms with Crippen molar-refractivity contribution in [3.63, 3.8) is 0 Å². The van der Waals surface area contributed by atoms with E-state index in [0.29, 0.717) is 21.9 Å². The predicted octanol–water partition coefficient (Wildman–Crippen LogP) is 4.58. The first-order chi connectivity index (χ1) is 9.69. The molecule has 0 spiro atoms. The number of benzene rings is 1. The fourth-order valence-electron chi connectivity index (χ4n) is 2.03. The van der Waals surface area contributed by atoms with Gasteiger partial charge in [0.05, 0.1) is 0 Å². The smallest absolute Gasteiger partial charge is 0.357 e. The molecular weight excluding hydrogens is 356 g/mol. The van der Waals surface area contributed by atoms with Crippen molar-refractivity contribution < 1.29 is 9.90 Å². The minimum absolute atomic E-state index is 0.00918. The van der Waals surface area contributed by atoms with Gasteiger partial charge in [0.2, 0.25) is 0 Å². The van der Waals surface area contributed by atoms with Gasteiger partial charge in [-0.15, -0.1) is 0 Å². The summed E-state index contributed by atoms with van der Waals surface area (Å²) in [6, 6.07) is 7.22. The highest BCUT2D eigenvalue weighted by Crippen LogP contribution is 2.29. The Hall–Kier alpha value is -1.33. The highest BCUT2D eigenvalue weighted by atomic mass is 79.9. The summed E-state index contributed by atoms with van der Waals surface area (Å²) in [6.45, 7) is 6.26. The van der Waals surface area contributed by atoms with Crippen LogP contribution in [-0.4, -0.2) is 20.6 Å². The lowest BCUT2D eigenvalue weighted by Gasteiger charge is -2.19. The Balaban J connectivity index is 2.61. The fraction of sp³-hybridized carbons (Fsp3) is 0.333. The molecule has 0 saturated carbocycles. The lowest BCUT2D eigenvalue weighted by Crippen LogP contribution is -2.14. The summed E-state index contributed by atoms with van der Waals surface area (Å²) in [7, 11) is 0. The number of aromatic nitrogens is 2. The van der Waals surface area contributed by atoms with Crippen molar-refractivity contribution in [2.24, 2.45) is 5.41 Å². The Bertz CT molecular complexity index is 672.